The lowest BCUT2D eigenvalue weighted by Crippen LogP contribution is -2.44. The van der Waals surface area contributed by atoms with Gasteiger partial charge in [0.15, 0.2) is 0 Å². The van der Waals surface area contributed by atoms with E-state index in [1.54, 1.807) is 13.2 Å². The maximum Gasteiger partial charge on any atom is 0.217 e. The van der Waals surface area contributed by atoms with Crippen LogP contribution in [0.1, 0.15) is 90.9 Å². The maximum absolute atomic E-state index is 11.1. The maximum atomic E-state index is 11.1. The Bertz CT molecular complexity index is 331. The van der Waals surface area contributed by atoms with Gasteiger partial charge in [-0.15, -0.1) is 0 Å². The molecule has 0 rings (SSSR count). The molecule has 2 atom stereocenters. The van der Waals surface area contributed by atoms with Crippen LogP contribution in [0.4, 0.5) is 0 Å². The second kappa shape index (κ2) is 17.9. The first-order chi connectivity index (χ1) is 12.1. The average molecular weight is 356 g/mol. The molecule has 0 saturated carbocycles. The SMILES string of the molecule is CCCCCCCCCCCCC/C=C/[C@@H](O)[C@H](COC)NC(C)=O. The van der Waals surface area contributed by atoms with Crippen LogP contribution in [-0.2, 0) is 9.53 Å². The van der Waals surface area contributed by atoms with Crippen LogP contribution in [0, 0.1) is 0 Å². The zero-order valence-electron chi connectivity index (χ0n) is 16.8. The Morgan fingerprint density at radius 2 is 1.52 bits per heavy atom. The molecule has 0 aromatic rings. The summed E-state index contributed by atoms with van der Waals surface area (Å²) < 4.78 is 5.04. The second-order valence-electron chi connectivity index (χ2n) is 7.01. The van der Waals surface area contributed by atoms with Crippen molar-refractivity contribution in [2.24, 2.45) is 0 Å². The van der Waals surface area contributed by atoms with Gasteiger partial charge in [-0.25, -0.2) is 0 Å². The predicted molar refractivity (Wildman–Crippen MR) is 106 cm³/mol. The fourth-order valence-corrected chi connectivity index (χ4v) is 2.96. The smallest absolute Gasteiger partial charge is 0.217 e. The van der Waals surface area contributed by atoms with Gasteiger partial charge in [-0.05, 0) is 12.8 Å². The topological polar surface area (TPSA) is 58.6 Å². The van der Waals surface area contributed by atoms with Crippen LogP contribution >= 0.6 is 0 Å². The first kappa shape index (κ1) is 24.1. The number of hydrogen-bond acceptors (Lipinski definition) is 3. The van der Waals surface area contributed by atoms with Gasteiger partial charge >= 0.3 is 0 Å². The number of nitrogens with one attached hydrogen (secondary N) is 1. The molecule has 1 amide bonds. The summed E-state index contributed by atoms with van der Waals surface area (Å²) in [4.78, 5) is 11.1. The summed E-state index contributed by atoms with van der Waals surface area (Å²) >= 11 is 0. The number of allylic oxidation sites excluding steroid dienone is 1. The Kier molecular flexibility index (Phi) is 17.3. The molecule has 2 N–H and O–H groups in total. The summed E-state index contributed by atoms with van der Waals surface area (Å²) in [6.45, 7) is 4.02. The number of hydrogen-bond donors (Lipinski definition) is 2. The Morgan fingerprint density at radius 1 is 1.00 bits per heavy atom. The number of amides is 1. The first-order valence-corrected chi connectivity index (χ1v) is 10.2. The highest BCUT2D eigenvalue weighted by atomic mass is 16.5. The third-order valence-corrected chi connectivity index (χ3v) is 4.45. The van der Waals surface area contributed by atoms with Crippen LogP contribution in [-0.4, -0.2) is 36.9 Å². The van der Waals surface area contributed by atoms with Gasteiger partial charge in [0.05, 0.1) is 18.8 Å². The van der Waals surface area contributed by atoms with Crippen molar-refractivity contribution in [1.82, 2.24) is 5.32 Å². The molecule has 0 unspecified atom stereocenters. The molecule has 148 valence electrons. The van der Waals surface area contributed by atoms with Crippen LogP contribution < -0.4 is 5.32 Å². The summed E-state index contributed by atoms with van der Waals surface area (Å²) in [6, 6.07) is -0.379. The highest BCUT2D eigenvalue weighted by Gasteiger charge is 2.17. The van der Waals surface area contributed by atoms with Crippen molar-refractivity contribution in [2.75, 3.05) is 13.7 Å². The standard InChI is InChI=1S/C21H41NO3/c1-4-5-6-7-8-9-10-11-12-13-14-15-16-17-21(24)20(18-25-3)22-19(2)23/h16-17,20-21,24H,4-15,18H2,1-3H3,(H,22,23)/b17-16+/t20-,21+/m0/s1. The molecule has 0 aromatic heterocycles. The summed E-state index contributed by atoms with van der Waals surface area (Å²) in [5.74, 6) is -0.153. The van der Waals surface area contributed by atoms with E-state index >= 15 is 0 Å². The minimum absolute atomic E-state index is 0.153. The number of rotatable bonds is 17. The molecular formula is C21H41NO3. The van der Waals surface area contributed by atoms with E-state index in [-0.39, 0.29) is 11.9 Å². The second-order valence-corrected chi connectivity index (χ2v) is 7.01. The molecule has 4 nitrogen and oxygen atoms in total. The lowest BCUT2D eigenvalue weighted by Gasteiger charge is -2.20. The van der Waals surface area contributed by atoms with Gasteiger partial charge in [0, 0.05) is 14.0 Å². The predicted octanol–water partition coefficient (Wildman–Crippen LogP) is 4.76. The van der Waals surface area contributed by atoms with E-state index in [4.69, 9.17) is 4.74 Å². The van der Waals surface area contributed by atoms with Gasteiger partial charge in [0.1, 0.15) is 0 Å². The Hall–Kier alpha value is -0.870. The molecule has 0 saturated heterocycles. The lowest BCUT2D eigenvalue weighted by molar-refractivity contribution is -0.120. The van der Waals surface area contributed by atoms with E-state index in [2.05, 4.69) is 12.2 Å². The van der Waals surface area contributed by atoms with Crippen molar-refractivity contribution >= 4 is 5.91 Å². The molecule has 0 fully saturated rings. The fraction of sp³-hybridized carbons (Fsp3) is 0.857. The van der Waals surface area contributed by atoms with E-state index in [1.165, 1.54) is 71.1 Å². The number of methoxy groups -OCH3 is 1. The highest BCUT2D eigenvalue weighted by molar-refractivity contribution is 5.73. The third-order valence-electron chi connectivity index (χ3n) is 4.45. The summed E-state index contributed by atoms with van der Waals surface area (Å²) in [5.41, 5.74) is 0. The molecule has 0 aliphatic carbocycles. The van der Waals surface area contributed by atoms with Crippen molar-refractivity contribution in [3.8, 4) is 0 Å². The summed E-state index contributed by atoms with van der Waals surface area (Å²) in [6.07, 6.45) is 18.8. The van der Waals surface area contributed by atoms with Gasteiger partial charge in [-0.1, -0.05) is 83.3 Å². The average Bonchev–Trinajstić information content (AvgIpc) is 2.58. The van der Waals surface area contributed by atoms with Crippen LogP contribution in [0.2, 0.25) is 0 Å². The third kappa shape index (κ3) is 16.4. The lowest BCUT2D eigenvalue weighted by atomic mass is 10.0. The Balaban J connectivity index is 3.56. The molecule has 0 heterocycles. The van der Waals surface area contributed by atoms with E-state index in [1.807, 2.05) is 6.08 Å². The number of aliphatic hydroxyl groups excluding tert-OH is 1. The van der Waals surface area contributed by atoms with Crippen molar-refractivity contribution in [2.45, 2.75) is 103 Å². The number of aliphatic hydroxyl groups is 1. The van der Waals surface area contributed by atoms with Gasteiger partial charge in [0.2, 0.25) is 5.91 Å². The molecule has 0 aliphatic heterocycles. The molecule has 0 aliphatic rings. The van der Waals surface area contributed by atoms with Gasteiger partial charge in [-0.2, -0.15) is 0 Å². The fourth-order valence-electron chi connectivity index (χ4n) is 2.96. The van der Waals surface area contributed by atoms with E-state index < -0.39 is 6.10 Å². The van der Waals surface area contributed by atoms with Gasteiger partial charge in [-0.3, -0.25) is 4.79 Å². The van der Waals surface area contributed by atoms with Crippen molar-refractivity contribution in [1.29, 1.82) is 0 Å². The number of ether oxygens (including phenoxy) is 1. The molecule has 25 heavy (non-hydrogen) atoms. The van der Waals surface area contributed by atoms with Crippen molar-refractivity contribution < 1.29 is 14.6 Å². The molecule has 0 radical (unpaired) electrons. The zero-order chi connectivity index (χ0) is 18.8. The van der Waals surface area contributed by atoms with Crippen molar-refractivity contribution in [3.63, 3.8) is 0 Å². The molecule has 0 bridgehead atoms. The van der Waals surface area contributed by atoms with Crippen molar-refractivity contribution in [3.05, 3.63) is 12.2 Å². The normalized spacial score (nSPS) is 13.9. The van der Waals surface area contributed by atoms with Crippen LogP contribution in [0.25, 0.3) is 0 Å². The molecular weight excluding hydrogens is 314 g/mol. The van der Waals surface area contributed by atoms with Crippen LogP contribution in [0.5, 0.6) is 0 Å². The Morgan fingerprint density at radius 3 is 2.00 bits per heavy atom. The zero-order valence-corrected chi connectivity index (χ0v) is 16.8. The minimum atomic E-state index is -0.698. The highest BCUT2D eigenvalue weighted by Crippen LogP contribution is 2.12. The van der Waals surface area contributed by atoms with E-state index in [0.29, 0.717) is 6.61 Å². The quantitative estimate of drug-likeness (QED) is 0.292. The molecule has 4 heteroatoms. The minimum Gasteiger partial charge on any atom is -0.387 e. The molecule has 0 aromatic carbocycles. The van der Waals surface area contributed by atoms with E-state index in [0.717, 1.165) is 12.8 Å². The first-order valence-electron chi connectivity index (χ1n) is 10.2. The number of carbonyl (C=O) groups excluding carboxylic acids is 1. The Labute approximate surface area is 155 Å². The number of unbranched alkanes of at least 4 members (excludes halogenated alkanes) is 11. The van der Waals surface area contributed by atoms with Gasteiger partial charge in [0.25, 0.3) is 0 Å². The van der Waals surface area contributed by atoms with Crippen LogP contribution in [0.15, 0.2) is 12.2 Å². The monoisotopic (exact) mass is 355 g/mol. The van der Waals surface area contributed by atoms with E-state index in [9.17, 15) is 9.90 Å². The van der Waals surface area contributed by atoms with Crippen LogP contribution in [0.3, 0.4) is 0 Å². The summed E-state index contributed by atoms with van der Waals surface area (Å²) in [5, 5.41) is 12.8. The number of carbonyl (C=O) groups is 1. The summed E-state index contributed by atoms with van der Waals surface area (Å²) in [7, 11) is 1.57. The largest absolute Gasteiger partial charge is 0.387 e. The van der Waals surface area contributed by atoms with Gasteiger partial charge < -0.3 is 15.2 Å². The molecule has 0 spiro atoms.